The number of hydrogen-bond donors (Lipinski definition) is 1. The molecule has 140 valence electrons. The fourth-order valence-corrected chi connectivity index (χ4v) is 3.52. The molecule has 0 radical (unpaired) electrons. The van der Waals surface area contributed by atoms with E-state index in [1.54, 1.807) is 36.1 Å². The molecular formula is C20H16F4N2O. The zero-order valence-corrected chi connectivity index (χ0v) is 14.5. The van der Waals surface area contributed by atoms with Crippen molar-refractivity contribution in [3.63, 3.8) is 0 Å². The third-order valence-electron chi connectivity index (χ3n) is 4.95. The van der Waals surface area contributed by atoms with Gasteiger partial charge in [0.2, 0.25) is 0 Å². The topological polar surface area (TPSA) is 36.1 Å². The van der Waals surface area contributed by atoms with Gasteiger partial charge in [0.25, 0.3) is 5.92 Å². The van der Waals surface area contributed by atoms with Gasteiger partial charge in [-0.15, -0.1) is 0 Å². The molecule has 3 aromatic rings. The molecule has 27 heavy (non-hydrogen) atoms. The highest BCUT2D eigenvalue weighted by molar-refractivity contribution is 5.84. The molecule has 0 amide bonds. The SMILES string of the molecule is Cc1c(-c2ccc(N3CCC(F)(F)C3)cc2)[nH]c2cc(F)cc(F)c2c1=O. The number of hydrogen-bond acceptors (Lipinski definition) is 2. The third kappa shape index (κ3) is 3.07. The van der Waals surface area contributed by atoms with E-state index >= 15 is 0 Å². The van der Waals surface area contributed by atoms with Crippen molar-refractivity contribution in [2.45, 2.75) is 19.3 Å². The molecule has 0 atom stereocenters. The number of rotatable bonds is 2. The summed E-state index contributed by atoms with van der Waals surface area (Å²) in [6.07, 6.45) is -0.178. The summed E-state index contributed by atoms with van der Waals surface area (Å²) in [7, 11) is 0. The lowest BCUT2D eigenvalue weighted by molar-refractivity contribution is 0.0257. The van der Waals surface area contributed by atoms with Crippen LogP contribution in [-0.2, 0) is 0 Å². The van der Waals surface area contributed by atoms with E-state index in [1.807, 2.05) is 0 Å². The molecule has 2 aromatic carbocycles. The number of pyridine rings is 1. The molecule has 2 heterocycles. The summed E-state index contributed by atoms with van der Waals surface area (Å²) in [6, 6.07) is 8.55. The quantitative estimate of drug-likeness (QED) is 0.662. The van der Waals surface area contributed by atoms with Gasteiger partial charge in [-0.2, -0.15) is 0 Å². The van der Waals surface area contributed by atoms with Crippen molar-refractivity contribution in [3.05, 3.63) is 63.8 Å². The van der Waals surface area contributed by atoms with E-state index in [4.69, 9.17) is 0 Å². The van der Waals surface area contributed by atoms with Crippen LogP contribution in [-0.4, -0.2) is 24.0 Å². The van der Waals surface area contributed by atoms with Crippen LogP contribution in [0.2, 0.25) is 0 Å². The Hall–Kier alpha value is -2.83. The minimum Gasteiger partial charge on any atom is -0.365 e. The van der Waals surface area contributed by atoms with E-state index in [9.17, 15) is 22.4 Å². The molecule has 1 saturated heterocycles. The van der Waals surface area contributed by atoms with Crippen molar-refractivity contribution in [2.75, 3.05) is 18.0 Å². The Balaban J connectivity index is 1.76. The zero-order valence-electron chi connectivity index (χ0n) is 14.5. The fourth-order valence-electron chi connectivity index (χ4n) is 3.52. The number of nitrogens with zero attached hydrogens (tertiary/aromatic N) is 1. The monoisotopic (exact) mass is 376 g/mol. The summed E-state index contributed by atoms with van der Waals surface area (Å²) < 4.78 is 54.3. The number of H-pyrrole nitrogens is 1. The van der Waals surface area contributed by atoms with Crippen molar-refractivity contribution in [2.24, 2.45) is 0 Å². The Kier molecular flexibility index (Phi) is 3.98. The second kappa shape index (κ2) is 6.11. The maximum atomic E-state index is 14.0. The smallest absolute Gasteiger partial charge is 0.266 e. The number of aromatic nitrogens is 1. The summed E-state index contributed by atoms with van der Waals surface area (Å²) in [4.78, 5) is 17.1. The molecule has 1 fully saturated rings. The summed E-state index contributed by atoms with van der Waals surface area (Å²) in [5.41, 5.74) is 1.59. The minimum atomic E-state index is -2.69. The summed E-state index contributed by atoms with van der Waals surface area (Å²) in [6.45, 7) is 1.51. The van der Waals surface area contributed by atoms with Crippen LogP contribution in [0, 0.1) is 18.6 Å². The molecule has 4 rings (SSSR count). The van der Waals surface area contributed by atoms with Gasteiger partial charge < -0.3 is 9.88 Å². The number of alkyl halides is 2. The van der Waals surface area contributed by atoms with Gasteiger partial charge in [0, 0.05) is 30.3 Å². The molecule has 7 heteroatoms. The number of halogens is 4. The molecule has 3 nitrogen and oxygen atoms in total. The molecular weight excluding hydrogens is 360 g/mol. The van der Waals surface area contributed by atoms with Crippen molar-refractivity contribution < 1.29 is 17.6 Å². The average molecular weight is 376 g/mol. The number of benzene rings is 2. The zero-order chi connectivity index (χ0) is 19.3. The highest BCUT2D eigenvalue weighted by atomic mass is 19.3. The summed E-state index contributed by atoms with van der Waals surface area (Å²) >= 11 is 0. The Bertz CT molecular complexity index is 1090. The molecule has 1 aliphatic rings. The van der Waals surface area contributed by atoms with Crippen LogP contribution in [0.15, 0.2) is 41.2 Å². The first-order valence-electron chi connectivity index (χ1n) is 8.50. The second-order valence-electron chi connectivity index (χ2n) is 6.84. The van der Waals surface area contributed by atoms with Crippen molar-refractivity contribution in [3.8, 4) is 11.3 Å². The second-order valence-corrected chi connectivity index (χ2v) is 6.84. The average Bonchev–Trinajstić information content (AvgIpc) is 2.97. The van der Waals surface area contributed by atoms with Gasteiger partial charge >= 0.3 is 0 Å². The predicted molar refractivity (Wildman–Crippen MR) is 96.4 cm³/mol. The van der Waals surface area contributed by atoms with Crippen LogP contribution in [0.3, 0.4) is 0 Å². The summed E-state index contributed by atoms with van der Waals surface area (Å²) in [5.74, 6) is -4.38. The molecule has 0 unspecified atom stereocenters. The molecule has 0 aliphatic carbocycles. The molecule has 0 bridgehead atoms. The van der Waals surface area contributed by atoms with Gasteiger partial charge in [-0.3, -0.25) is 4.79 Å². The van der Waals surface area contributed by atoms with Gasteiger partial charge in [0.1, 0.15) is 11.6 Å². The first-order valence-corrected chi connectivity index (χ1v) is 8.50. The molecule has 0 saturated carbocycles. The maximum Gasteiger partial charge on any atom is 0.266 e. The molecule has 1 aliphatic heterocycles. The van der Waals surface area contributed by atoms with Crippen LogP contribution in [0.4, 0.5) is 23.2 Å². The Morgan fingerprint density at radius 1 is 1.11 bits per heavy atom. The number of anilines is 1. The third-order valence-corrected chi connectivity index (χ3v) is 4.95. The van der Waals surface area contributed by atoms with Gasteiger partial charge in [0.05, 0.1) is 23.1 Å². The van der Waals surface area contributed by atoms with E-state index in [0.717, 1.165) is 6.07 Å². The molecule has 1 aromatic heterocycles. The van der Waals surface area contributed by atoms with E-state index < -0.39 is 23.0 Å². The van der Waals surface area contributed by atoms with Crippen LogP contribution >= 0.6 is 0 Å². The van der Waals surface area contributed by atoms with E-state index in [-0.39, 0.29) is 30.4 Å². The van der Waals surface area contributed by atoms with Crippen LogP contribution < -0.4 is 10.3 Å². The number of nitrogens with one attached hydrogen (secondary N) is 1. The summed E-state index contributed by atoms with van der Waals surface area (Å²) in [5, 5.41) is -0.187. The highest BCUT2D eigenvalue weighted by Gasteiger charge is 2.38. The number of fused-ring (bicyclic) bond motifs is 1. The predicted octanol–water partition coefficient (Wildman–Crippen LogP) is 4.63. The fraction of sp³-hybridized carbons (Fsp3) is 0.250. The first-order chi connectivity index (χ1) is 12.7. The van der Waals surface area contributed by atoms with Gasteiger partial charge in [-0.1, -0.05) is 12.1 Å². The van der Waals surface area contributed by atoms with Gasteiger partial charge in [0.15, 0.2) is 5.43 Å². The Morgan fingerprint density at radius 3 is 2.44 bits per heavy atom. The Labute approximate surface area is 152 Å². The van der Waals surface area contributed by atoms with Crippen LogP contribution in [0.1, 0.15) is 12.0 Å². The minimum absolute atomic E-state index is 0.0707. The largest absolute Gasteiger partial charge is 0.365 e. The standard InChI is InChI=1S/C20H16F4N2O/c1-11-18(25-16-9-13(21)8-15(22)17(16)19(11)27)12-2-4-14(5-3-12)26-7-6-20(23,24)10-26/h2-5,8-9H,6-7,10H2,1H3,(H,25,27). The van der Waals surface area contributed by atoms with Crippen molar-refractivity contribution >= 4 is 16.6 Å². The van der Waals surface area contributed by atoms with Crippen LogP contribution in [0.25, 0.3) is 22.2 Å². The lowest BCUT2D eigenvalue weighted by Crippen LogP contribution is -2.24. The lowest BCUT2D eigenvalue weighted by atomic mass is 10.0. The van der Waals surface area contributed by atoms with E-state index in [0.29, 0.717) is 28.6 Å². The van der Waals surface area contributed by atoms with E-state index in [1.165, 1.54) is 0 Å². The van der Waals surface area contributed by atoms with Crippen molar-refractivity contribution in [1.82, 2.24) is 4.98 Å². The highest BCUT2D eigenvalue weighted by Crippen LogP contribution is 2.32. The van der Waals surface area contributed by atoms with Crippen LogP contribution in [0.5, 0.6) is 0 Å². The van der Waals surface area contributed by atoms with Crippen molar-refractivity contribution in [1.29, 1.82) is 0 Å². The maximum absolute atomic E-state index is 14.0. The number of aromatic amines is 1. The molecule has 0 spiro atoms. The Morgan fingerprint density at radius 2 is 1.81 bits per heavy atom. The van der Waals surface area contributed by atoms with E-state index in [2.05, 4.69) is 4.98 Å². The van der Waals surface area contributed by atoms with Gasteiger partial charge in [-0.05, 0) is 30.7 Å². The lowest BCUT2D eigenvalue weighted by Gasteiger charge is -2.18. The van der Waals surface area contributed by atoms with Gasteiger partial charge in [-0.25, -0.2) is 17.6 Å². The first kappa shape index (κ1) is 17.6. The normalized spacial score (nSPS) is 16.3. The molecule has 1 N–H and O–H groups in total.